The van der Waals surface area contributed by atoms with E-state index < -0.39 is 35.6 Å². The van der Waals surface area contributed by atoms with Crippen molar-refractivity contribution in [1.29, 1.82) is 0 Å². The summed E-state index contributed by atoms with van der Waals surface area (Å²) in [5, 5.41) is 2.47. The molecule has 0 aliphatic carbocycles. The van der Waals surface area contributed by atoms with Gasteiger partial charge in [-0.15, -0.1) is 0 Å². The third kappa shape index (κ3) is 5.54. The molecular weight excluding hydrogens is 480 g/mol. The lowest BCUT2D eigenvalue weighted by molar-refractivity contribution is -0.143. The van der Waals surface area contributed by atoms with E-state index in [-0.39, 0.29) is 23.5 Å². The van der Waals surface area contributed by atoms with E-state index in [2.05, 4.69) is 5.32 Å². The zero-order valence-electron chi connectivity index (χ0n) is 16.1. The van der Waals surface area contributed by atoms with Crippen LogP contribution in [0.2, 0.25) is 0 Å². The lowest BCUT2D eigenvalue weighted by Gasteiger charge is -2.17. The van der Waals surface area contributed by atoms with Crippen molar-refractivity contribution in [1.82, 2.24) is 5.32 Å². The predicted molar refractivity (Wildman–Crippen MR) is 110 cm³/mol. The summed E-state index contributed by atoms with van der Waals surface area (Å²) in [6.07, 6.45) is -8.37. The largest absolute Gasteiger partial charge is 0.493 e. The second-order valence-corrected chi connectivity index (χ2v) is 8.14. The number of rotatable bonds is 5. The van der Waals surface area contributed by atoms with E-state index in [1.54, 1.807) is 6.08 Å². The van der Waals surface area contributed by atoms with Gasteiger partial charge in [0.25, 0.3) is 5.91 Å². The van der Waals surface area contributed by atoms with Crippen molar-refractivity contribution in [2.75, 3.05) is 7.11 Å². The number of hydrogen-bond donors (Lipinski definition) is 1. The molecule has 2 aromatic rings. The maximum absolute atomic E-state index is 13.3. The number of thioether (sulfide) groups is 1. The number of benzene rings is 2. The van der Waals surface area contributed by atoms with Crippen LogP contribution < -0.4 is 14.8 Å². The van der Waals surface area contributed by atoms with E-state index >= 15 is 0 Å². The number of nitrogens with one attached hydrogen (secondary N) is 1. The Bertz CT molecular complexity index is 1100. The number of hydrogen-bond acceptors (Lipinski definition) is 5. The Balaban J connectivity index is 1.85. The van der Waals surface area contributed by atoms with Gasteiger partial charge in [0.15, 0.2) is 11.5 Å². The molecule has 1 aliphatic heterocycles. The Morgan fingerprint density at radius 1 is 1.03 bits per heavy atom. The molecule has 32 heavy (non-hydrogen) atoms. The molecule has 4 nitrogen and oxygen atoms in total. The molecule has 1 amide bonds. The van der Waals surface area contributed by atoms with Gasteiger partial charge in [-0.05, 0) is 35.9 Å². The third-order valence-electron chi connectivity index (χ3n) is 4.25. The van der Waals surface area contributed by atoms with Gasteiger partial charge in [-0.2, -0.15) is 26.3 Å². The molecule has 0 bridgehead atoms. The number of thiocarbonyl (C=S) groups is 1. The molecule has 1 N–H and O–H groups in total. The first kappa shape index (κ1) is 23.9. The van der Waals surface area contributed by atoms with Crippen LogP contribution in [0.5, 0.6) is 11.5 Å². The van der Waals surface area contributed by atoms with Crippen LogP contribution in [0.1, 0.15) is 22.3 Å². The van der Waals surface area contributed by atoms with Crippen molar-refractivity contribution in [3.63, 3.8) is 0 Å². The van der Waals surface area contributed by atoms with Gasteiger partial charge in [-0.1, -0.05) is 36.1 Å². The number of carbonyl (C=O) groups is 1. The molecular formula is C20H13F6NO3S2. The molecule has 0 atom stereocenters. The van der Waals surface area contributed by atoms with E-state index in [0.717, 1.165) is 17.8 Å². The predicted octanol–water partition coefficient (Wildman–Crippen LogP) is 5.80. The summed E-state index contributed by atoms with van der Waals surface area (Å²) in [5.41, 5.74) is -2.77. The molecule has 12 heteroatoms. The van der Waals surface area contributed by atoms with Gasteiger partial charge in [0, 0.05) is 5.56 Å². The fourth-order valence-corrected chi connectivity index (χ4v) is 3.81. The first-order valence-electron chi connectivity index (χ1n) is 8.71. The summed E-state index contributed by atoms with van der Waals surface area (Å²) in [5.74, 6) is -0.131. The molecule has 0 aromatic heterocycles. The zero-order valence-corrected chi connectivity index (χ0v) is 17.7. The minimum Gasteiger partial charge on any atom is -0.493 e. The summed E-state index contributed by atoms with van der Waals surface area (Å²) < 4.78 is 89.2. The topological polar surface area (TPSA) is 47.6 Å². The van der Waals surface area contributed by atoms with Crippen LogP contribution in [-0.2, 0) is 23.8 Å². The van der Waals surface area contributed by atoms with Crippen molar-refractivity contribution in [2.24, 2.45) is 0 Å². The Morgan fingerprint density at radius 3 is 2.31 bits per heavy atom. The van der Waals surface area contributed by atoms with Gasteiger partial charge < -0.3 is 14.8 Å². The van der Waals surface area contributed by atoms with E-state index in [1.165, 1.54) is 25.3 Å². The molecule has 0 radical (unpaired) electrons. The summed E-state index contributed by atoms with van der Waals surface area (Å²) in [7, 11) is 1.31. The van der Waals surface area contributed by atoms with Crippen molar-refractivity contribution >= 4 is 40.3 Å². The van der Waals surface area contributed by atoms with Crippen LogP contribution in [-0.4, -0.2) is 17.3 Å². The molecule has 0 unspecified atom stereocenters. The Morgan fingerprint density at radius 2 is 1.75 bits per heavy atom. The maximum Gasteiger partial charge on any atom is 0.416 e. The number of halogens is 6. The van der Waals surface area contributed by atoms with Crippen LogP contribution in [0.15, 0.2) is 41.3 Å². The number of carbonyl (C=O) groups excluding carboxylic acids is 1. The van der Waals surface area contributed by atoms with Crippen LogP contribution in [0.3, 0.4) is 0 Å². The molecule has 1 saturated heterocycles. The quantitative estimate of drug-likeness (QED) is 0.324. The van der Waals surface area contributed by atoms with E-state index in [1.807, 2.05) is 0 Å². The van der Waals surface area contributed by atoms with Gasteiger partial charge in [0.1, 0.15) is 10.9 Å². The highest BCUT2D eigenvalue weighted by Gasteiger charge is 2.38. The number of alkyl halides is 6. The molecule has 1 heterocycles. The first-order valence-corrected chi connectivity index (χ1v) is 9.94. The molecule has 1 aliphatic rings. The second kappa shape index (κ2) is 9.02. The summed E-state index contributed by atoms with van der Waals surface area (Å²) in [6, 6.07) is 5.80. The first-order chi connectivity index (χ1) is 14.9. The van der Waals surface area contributed by atoms with Crippen LogP contribution >= 0.6 is 24.0 Å². The molecule has 3 rings (SSSR count). The Kier molecular flexibility index (Phi) is 6.75. The zero-order chi connectivity index (χ0) is 23.7. The van der Waals surface area contributed by atoms with Gasteiger partial charge in [0.2, 0.25) is 0 Å². The number of methoxy groups -OCH3 is 1. The average molecular weight is 493 g/mol. The van der Waals surface area contributed by atoms with Gasteiger partial charge >= 0.3 is 12.4 Å². The Hall–Kier alpha value is -2.73. The SMILES string of the molecule is COc1cc(C=C2SC(=S)NC2=O)ccc1OCc1ccc(C(F)(F)F)cc1C(F)(F)F. The highest BCUT2D eigenvalue weighted by Crippen LogP contribution is 2.38. The molecule has 170 valence electrons. The third-order valence-corrected chi connectivity index (χ3v) is 5.42. The monoisotopic (exact) mass is 493 g/mol. The molecule has 1 fully saturated rings. The lowest BCUT2D eigenvalue weighted by Crippen LogP contribution is -2.17. The molecule has 2 aromatic carbocycles. The van der Waals surface area contributed by atoms with Crippen molar-refractivity contribution in [3.8, 4) is 11.5 Å². The highest BCUT2D eigenvalue weighted by molar-refractivity contribution is 8.26. The van der Waals surface area contributed by atoms with Crippen LogP contribution in [0, 0.1) is 0 Å². The van der Waals surface area contributed by atoms with Crippen molar-refractivity contribution in [2.45, 2.75) is 19.0 Å². The van der Waals surface area contributed by atoms with Crippen LogP contribution in [0.4, 0.5) is 26.3 Å². The fourth-order valence-electron chi connectivity index (χ4n) is 2.76. The molecule has 0 saturated carbocycles. The molecule has 0 spiro atoms. The minimum atomic E-state index is -5.00. The van der Waals surface area contributed by atoms with Gasteiger partial charge in [-0.25, -0.2) is 0 Å². The lowest BCUT2D eigenvalue weighted by atomic mass is 10.0. The smallest absolute Gasteiger partial charge is 0.416 e. The summed E-state index contributed by atoms with van der Waals surface area (Å²) >= 11 is 5.98. The summed E-state index contributed by atoms with van der Waals surface area (Å²) in [6.45, 7) is -0.643. The highest BCUT2D eigenvalue weighted by atomic mass is 32.2. The van der Waals surface area contributed by atoms with Crippen molar-refractivity contribution in [3.05, 3.63) is 63.6 Å². The summed E-state index contributed by atoms with van der Waals surface area (Å²) in [4.78, 5) is 12.1. The van der Waals surface area contributed by atoms with E-state index in [4.69, 9.17) is 21.7 Å². The second-order valence-electron chi connectivity index (χ2n) is 6.42. The average Bonchev–Trinajstić information content (AvgIpc) is 3.01. The number of ether oxygens (including phenoxy) is 2. The van der Waals surface area contributed by atoms with Gasteiger partial charge in [0.05, 0.1) is 23.1 Å². The van der Waals surface area contributed by atoms with Crippen molar-refractivity contribution < 1.29 is 40.6 Å². The Labute approximate surface area is 187 Å². The normalized spacial score (nSPS) is 15.8. The fraction of sp³-hybridized carbons (Fsp3) is 0.200. The standard InChI is InChI=1S/C20H13F6NO3S2/c1-29-15-6-10(7-16-17(28)27-18(31)32-16)2-5-14(15)30-9-11-3-4-12(19(21,22)23)8-13(11)20(24,25)26/h2-8H,9H2,1H3,(H,27,28,31). The van der Waals surface area contributed by atoms with E-state index in [9.17, 15) is 31.1 Å². The number of amides is 1. The van der Waals surface area contributed by atoms with Gasteiger partial charge in [-0.3, -0.25) is 4.79 Å². The minimum absolute atomic E-state index is 0.0555. The maximum atomic E-state index is 13.3. The van der Waals surface area contributed by atoms with E-state index in [0.29, 0.717) is 20.9 Å². The van der Waals surface area contributed by atoms with Crippen LogP contribution in [0.25, 0.3) is 6.08 Å².